The maximum atomic E-state index is 12.7. The van der Waals surface area contributed by atoms with Crippen LogP contribution in [0, 0.1) is 0 Å². The molecule has 0 aromatic heterocycles. The number of benzene rings is 2. The van der Waals surface area contributed by atoms with Gasteiger partial charge < -0.3 is 19.1 Å². The van der Waals surface area contributed by atoms with Gasteiger partial charge in [0.25, 0.3) is 0 Å². The van der Waals surface area contributed by atoms with Crippen LogP contribution in [0.5, 0.6) is 17.2 Å². The Hall–Kier alpha value is -2.69. The third-order valence-electron chi connectivity index (χ3n) is 5.51. The Morgan fingerprint density at radius 1 is 0.929 bits per heavy atom. The summed E-state index contributed by atoms with van der Waals surface area (Å²) in [5, 5.41) is 0. The number of likely N-dealkylation sites (tertiary alicyclic amines) is 1. The van der Waals surface area contributed by atoms with E-state index in [0.717, 1.165) is 31.5 Å². The average Bonchev–Trinajstić information content (AvgIpc) is 2.77. The van der Waals surface area contributed by atoms with Crippen molar-refractivity contribution in [1.82, 2.24) is 4.90 Å². The van der Waals surface area contributed by atoms with Gasteiger partial charge in [-0.05, 0) is 42.4 Å². The molecule has 0 N–H and O–H groups in total. The molecule has 3 rings (SSSR count). The highest BCUT2D eigenvalue weighted by molar-refractivity contribution is 5.76. The lowest BCUT2D eigenvalue weighted by Gasteiger charge is -2.32. The van der Waals surface area contributed by atoms with Crippen molar-refractivity contribution in [3.05, 3.63) is 53.6 Å². The molecule has 2 aromatic carbocycles. The summed E-state index contributed by atoms with van der Waals surface area (Å²) in [7, 11) is 4.79. The molecule has 1 fully saturated rings. The molecule has 150 valence electrons. The van der Waals surface area contributed by atoms with Crippen LogP contribution in [0.25, 0.3) is 0 Å². The number of amides is 1. The topological polar surface area (TPSA) is 48.0 Å². The van der Waals surface area contributed by atoms with Crippen LogP contribution in [-0.2, 0) is 11.2 Å². The predicted octanol–water partition coefficient (Wildman–Crippen LogP) is 4.05. The fourth-order valence-corrected chi connectivity index (χ4v) is 3.95. The molecule has 5 heteroatoms. The normalized spacial score (nSPS) is 14.6. The van der Waals surface area contributed by atoms with Crippen molar-refractivity contribution in [1.29, 1.82) is 0 Å². The number of methoxy groups -OCH3 is 3. The molecule has 1 aliphatic rings. The van der Waals surface area contributed by atoms with E-state index in [4.69, 9.17) is 14.2 Å². The van der Waals surface area contributed by atoms with Gasteiger partial charge in [0.2, 0.25) is 11.7 Å². The Morgan fingerprint density at radius 2 is 1.61 bits per heavy atom. The highest BCUT2D eigenvalue weighted by Gasteiger charge is 2.24. The van der Waals surface area contributed by atoms with Gasteiger partial charge in [-0.1, -0.05) is 36.4 Å². The molecule has 28 heavy (non-hydrogen) atoms. The van der Waals surface area contributed by atoms with Crippen molar-refractivity contribution in [2.45, 2.75) is 31.6 Å². The largest absolute Gasteiger partial charge is 0.493 e. The standard InChI is InChI=1S/C23H29NO4/c1-26-20-11-9-19(22(27-2)23(20)28-3)10-12-21(25)24-15-13-18(14-16-24)17-7-5-4-6-8-17/h4-9,11,18H,10,12-16H2,1-3H3. The Kier molecular flexibility index (Phi) is 6.80. The summed E-state index contributed by atoms with van der Waals surface area (Å²) < 4.78 is 16.3. The first-order chi connectivity index (χ1) is 13.7. The number of carbonyl (C=O) groups is 1. The lowest BCUT2D eigenvalue weighted by Crippen LogP contribution is -2.38. The highest BCUT2D eigenvalue weighted by atomic mass is 16.5. The minimum Gasteiger partial charge on any atom is -0.493 e. The molecule has 0 radical (unpaired) electrons. The maximum absolute atomic E-state index is 12.7. The fraction of sp³-hybridized carbons (Fsp3) is 0.435. The van der Waals surface area contributed by atoms with E-state index < -0.39 is 0 Å². The van der Waals surface area contributed by atoms with E-state index in [0.29, 0.717) is 36.0 Å². The van der Waals surface area contributed by atoms with Gasteiger partial charge in [0.05, 0.1) is 21.3 Å². The summed E-state index contributed by atoms with van der Waals surface area (Å²) in [5.41, 5.74) is 2.33. The second kappa shape index (κ2) is 9.49. The molecule has 1 aliphatic heterocycles. The zero-order valence-corrected chi connectivity index (χ0v) is 16.9. The van der Waals surface area contributed by atoms with Crippen LogP contribution >= 0.6 is 0 Å². The van der Waals surface area contributed by atoms with Crippen molar-refractivity contribution in [3.63, 3.8) is 0 Å². The Labute approximate surface area is 167 Å². The second-order valence-corrected chi connectivity index (χ2v) is 7.06. The molecule has 0 atom stereocenters. The maximum Gasteiger partial charge on any atom is 0.222 e. The smallest absolute Gasteiger partial charge is 0.222 e. The van der Waals surface area contributed by atoms with Crippen molar-refractivity contribution in [2.75, 3.05) is 34.4 Å². The molecule has 2 aromatic rings. The quantitative estimate of drug-likeness (QED) is 0.724. The molecule has 0 unspecified atom stereocenters. The van der Waals surface area contributed by atoms with Crippen LogP contribution in [-0.4, -0.2) is 45.2 Å². The summed E-state index contributed by atoms with van der Waals surface area (Å²) in [5.74, 6) is 2.58. The molecule has 1 saturated heterocycles. The number of ether oxygens (including phenoxy) is 3. The van der Waals surface area contributed by atoms with Crippen molar-refractivity contribution in [2.24, 2.45) is 0 Å². The Bertz CT molecular complexity index is 783. The summed E-state index contributed by atoms with van der Waals surface area (Å²) in [6.07, 6.45) is 3.12. The van der Waals surface area contributed by atoms with E-state index in [-0.39, 0.29) is 5.91 Å². The zero-order valence-electron chi connectivity index (χ0n) is 16.9. The van der Waals surface area contributed by atoms with Crippen LogP contribution in [0.1, 0.15) is 36.3 Å². The number of carbonyl (C=O) groups excluding carboxylic acids is 1. The molecule has 0 bridgehead atoms. The number of nitrogens with zero attached hydrogens (tertiary/aromatic N) is 1. The van der Waals surface area contributed by atoms with Gasteiger partial charge in [-0.25, -0.2) is 0 Å². The van der Waals surface area contributed by atoms with Crippen LogP contribution in [0.2, 0.25) is 0 Å². The zero-order chi connectivity index (χ0) is 19.9. The molecular weight excluding hydrogens is 354 g/mol. The Balaban J connectivity index is 1.58. The first kappa shape index (κ1) is 20.1. The summed E-state index contributed by atoms with van der Waals surface area (Å²) in [6.45, 7) is 1.64. The lowest BCUT2D eigenvalue weighted by molar-refractivity contribution is -0.132. The van der Waals surface area contributed by atoms with Crippen molar-refractivity contribution in [3.8, 4) is 17.2 Å². The third-order valence-corrected chi connectivity index (χ3v) is 5.51. The van der Waals surface area contributed by atoms with Gasteiger partial charge in [0, 0.05) is 19.5 Å². The lowest BCUT2D eigenvalue weighted by atomic mass is 9.89. The van der Waals surface area contributed by atoms with Gasteiger partial charge in [-0.3, -0.25) is 4.79 Å². The summed E-state index contributed by atoms with van der Waals surface area (Å²) in [6, 6.07) is 14.4. The number of hydrogen-bond acceptors (Lipinski definition) is 4. The number of piperidine rings is 1. The van der Waals surface area contributed by atoms with Gasteiger partial charge in [0.1, 0.15) is 0 Å². The number of rotatable bonds is 7. The van der Waals surface area contributed by atoms with Gasteiger partial charge in [-0.15, -0.1) is 0 Å². The number of aryl methyl sites for hydroxylation is 1. The fourth-order valence-electron chi connectivity index (χ4n) is 3.95. The van der Waals surface area contributed by atoms with Crippen LogP contribution in [0.4, 0.5) is 0 Å². The molecular formula is C23H29NO4. The predicted molar refractivity (Wildman–Crippen MR) is 109 cm³/mol. The minimum atomic E-state index is 0.198. The van der Waals surface area contributed by atoms with Crippen molar-refractivity contribution >= 4 is 5.91 Å². The monoisotopic (exact) mass is 383 g/mol. The molecule has 0 aliphatic carbocycles. The Morgan fingerprint density at radius 3 is 2.21 bits per heavy atom. The molecule has 1 amide bonds. The van der Waals surface area contributed by atoms with Crippen LogP contribution < -0.4 is 14.2 Å². The van der Waals surface area contributed by atoms with Crippen molar-refractivity contribution < 1.29 is 19.0 Å². The van der Waals surface area contributed by atoms with E-state index in [1.54, 1.807) is 21.3 Å². The minimum absolute atomic E-state index is 0.198. The van der Waals surface area contributed by atoms with Gasteiger partial charge >= 0.3 is 0 Å². The summed E-state index contributed by atoms with van der Waals surface area (Å²) in [4.78, 5) is 14.7. The SMILES string of the molecule is COc1ccc(CCC(=O)N2CCC(c3ccccc3)CC2)c(OC)c1OC. The first-order valence-corrected chi connectivity index (χ1v) is 9.78. The van der Waals surface area contributed by atoms with Crippen LogP contribution in [0.3, 0.4) is 0 Å². The average molecular weight is 383 g/mol. The molecule has 0 spiro atoms. The molecule has 1 heterocycles. The molecule has 0 saturated carbocycles. The van der Waals surface area contributed by atoms with Gasteiger partial charge in [-0.2, -0.15) is 0 Å². The van der Waals surface area contributed by atoms with E-state index in [2.05, 4.69) is 24.3 Å². The van der Waals surface area contributed by atoms with E-state index in [1.165, 1.54) is 5.56 Å². The number of hydrogen-bond donors (Lipinski definition) is 0. The van der Waals surface area contributed by atoms with E-state index in [9.17, 15) is 4.79 Å². The van der Waals surface area contributed by atoms with Crippen LogP contribution in [0.15, 0.2) is 42.5 Å². The second-order valence-electron chi connectivity index (χ2n) is 7.06. The first-order valence-electron chi connectivity index (χ1n) is 9.78. The highest BCUT2D eigenvalue weighted by Crippen LogP contribution is 2.40. The summed E-state index contributed by atoms with van der Waals surface area (Å²) >= 11 is 0. The van der Waals surface area contributed by atoms with Gasteiger partial charge in [0.15, 0.2) is 11.5 Å². The van der Waals surface area contributed by atoms with E-state index >= 15 is 0 Å². The van der Waals surface area contributed by atoms with E-state index in [1.807, 2.05) is 23.1 Å². The third kappa shape index (κ3) is 4.41. The molecule has 5 nitrogen and oxygen atoms in total.